The number of allylic oxidation sites excluding steroid dienone is 4. The standard InChI is InChI=1S/C22H22F2N4O.C2H6/c1-4-14-9-8-12(2)15(10-14)19-16-11-25-22(29)28(21(16)27-13(3)26-19)20-17(23)6-5-7-18(20)24;1-2/h5-10,12,15H,4,11H2,1-3H3,(H,25,29);1-2H3. The predicted octanol–water partition coefficient (Wildman–Crippen LogP) is 6.08. The van der Waals surface area contributed by atoms with Crippen molar-refractivity contribution < 1.29 is 13.6 Å². The molecule has 5 nitrogen and oxygen atoms in total. The number of hydrogen-bond donors (Lipinski definition) is 1. The van der Waals surface area contributed by atoms with Crippen molar-refractivity contribution in [2.45, 2.75) is 53.5 Å². The fraction of sp³-hybridized carbons (Fsp3) is 0.375. The van der Waals surface area contributed by atoms with Crippen molar-refractivity contribution in [1.29, 1.82) is 0 Å². The molecule has 0 saturated carbocycles. The molecule has 31 heavy (non-hydrogen) atoms. The van der Waals surface area contributed by atoms with Crippen LogP contribution in [0.15, 0.2) is 42.0 Å². The number of anilines is 2. The van der Waals surface area contributed by atoms with Gasteiger partial charge in [-0.05, 0) is 31.4 Å². The van der Waals surface area contributed by atoms with Gasteiger partial charge in [-0.2, -0.15) is 0 Å². The molecule has 1 aliphatic carbocycles. The zero-order chi connectivity index (χ0) is 22.7. The second-order valence-electron chi connectivity index (χ2n) is 7.36. The van der Waals surface area contributed by atoms with Gasteiger partial charge in [-0.3, -0.25) is 0 Å². The van der Waals surface area contributed by atoms with Gasteiger partial charge in [0.2, 0.25) is 0 Å². The number of rotatable bonds is 3. The van der Waals surface area contributed by atoms with Crippen LogP contribution >= 0.6 is 0 Å². The number of hydrogen-bond acceptors (Lipinski definition) is 3. The first-order chi connectivity index (χ1) is 14.9. The van der Waals surface area contributed by atoms with E-state index < -0.39 is 23.4 Å². The number of nitrogens with zero attached hydrogens (tertiary/aromatic N) is 3. The van der Waals surface area contributed by atoms with Crippen molar-refractivity contribution in [3.05, 3.63) is 70.7 Å². The Kier molecular flexibility index (Phi) is 6.83. The Balaban J connectivity index is 0.00000132. The number of amides is 2. The fourth-order valence-electron chi connectivity index (χ4n) is 3.88. The second-order valence-corrected chi connectivity index (χ2v) is 7.36. The third-order valence-electron chi connectivity index (χ3n) is 5.42. The van der Waals surface area contributed by atoms with Crippen molar-refractivity contribution in [1.82, 2.24) is 15.3 Å². The summed E-state index contributed by atoms with van der Waals surface area (Å²) < 4.78 is 29.0. The minimum Gasteiger partial charge on any atom is -0.333 e. The van der Waals surface area contributed by atoms with Gasteiger partial charge in [0.1, 0.15) is 29.0 Å². The number of nitrogens with one attached hydrogen (secondary N) is 1. The Morgan fingerprint density at radius 3 is 2.52 bits per heavy atom. The smallest absolute Gasteiger partial charge is 0.328 e. The predicted molar refractivity (Wildman–Crippen MR) is 118 cm³/mol. The molecule has 1 aliphatic heterocycles. The van der Waals surface area contributed by atoms with Crippen LogP contribution in [-0.4, -0.2) is 16.0 Å². The Hall–Kier alpha value is -3.09. The van der Waals surface area contributed by atoms with E-state index >= 15 is 0 Å². The van der Waals surface area contributed by atoms with E-state index in [1.807, 2.05) is 13.8 Å². The number of aryl methyl sites for hydroxylation is 1. The Labute approximate surface area is 181 Å². The fourth-order valence-corrected chi connectivity index (χ4v) is 3.88. The molecule has 2 heterocycles. The molecule has 1 N–H and O–H groups in total. The maximum atomic E-state index is 14.5. The highest BCUT2D eigenvalue weighted by Crippen LogP contribution is 2.40. The molecular formula is C24H28F2N4O. The van der Waals surface area contributed by atoms with E-state index in [1.54, 1.807) is 6.92 Å². The highest BCUT2D eigenvalue weighted by Gasteiger charge is 2.35. The molecule has 7 heteroatoms. The van der Waals surface area contributed by atoms with Crippen molar-refractivity contribution >= 4 is 17.5 Å². The van der Waals surface area contributed by atoms with E-state index in [1.165, 1.54) is 11.6 Å². The SMILES string of the molecule is CC.CCC1=CC(c2nc(C)nc3c2CNC(=O)N3c2c(F)cccc2F)C(C)C=C1. The lowest BCUT2D eigenvalue weighted by Gasteiger charge is -2.33. The van der Waals surface area contributed by atoms with Gasteiger partial charge >= 0.3 is 6.03 Å². The number of fused-ring (bicyclic) bond motifs is 1. The quantitative estimate of drug-likeness (QED) is 0.647. The van der Waals surface area contributed by atoms with Crippen LogP contribution in [0.1, 0.15) is 57.1 Å². The van der Waals surface area contributed by atoms with Gasteiger partial charge in [0.25, 0.3) is 0 Å². The lowest BCUT2D eigenvalue weighted by molar-refractivity contribution is 0.246. The molecule has 164 valence electrons. The largest absolute Gasteiger partial charge is 0.333 e. The lowest BCUT2D eigenvalue weighted by Crippen LogP contribution is -2.43. The average Bonchev–Trinajstić information content (AvgIpc) is 2.76. The third kappa shape index (κ3) is 4.22. The Bertz CT molecular complexity index is 1030. The maximum Gasteiger partial charge on any atom is 0.328 e. The molecule has 1 aromatic heterocycles. The third-order valence-corrected chi connectivity index (χ3v) is 5.42. The van der Waals surface area contributed by atoms with Crippen LogP contribution in [0.4, 0.5) is 25.1 Å². The maximum absolute atomic E-state index is 14.5. The summed E-state index contributed by atoms with van der Waals surface area (Å²) in [5.41, 5.74) is 2.22. The van der Waals surface area contributed by atoms with E-state index in [0.29, 0.717) is 11.4 Å². The average molecular weight is 427 g/mol. The van der Waals surface area contributed by atoms with E-state index in [4.69, 9.17) is 0 Å². The van der Waals surface area contributed by atoms with Gasteiger partial charge in [-0.1, -0.05) is 57.6 Å². The number of carbonyl (C=O) groups is 1. The minimum atomic E-state index is -0.826. The van der Waals surface area contributed by atoms with Crippen LogP contribution in [0, 0.1) is 24.5 Å². The van der Waals surface area contributed by atoms with Crippen LogP contribution in [0.3, 0.4) is 0 Å². The molecule has 0 saturated heterocycles. The molecule has 2 amide bonds. The van der Waals surface area contributed by atoms with Crippen LogP contribution in [-0.2, 0) is 6.54 Å². The van der Waals surface area contributed by atoms with Crippen molar-refractivity contribution in [3.63, 3.8) is 0 Å². The summed E-state index contributed by atoms with van der Waals surface area (Å²) in [4.78, 5) is 22.7. The van der Waals surface area contributed by atoms with E-state index in [-0.39, 0.29) is 24.2 Å². The first-order valence-corrected chi connectivity index (χ1v) is 10.7. The van der Waals surface area contributed by atoms with E-state index in [2.05, 4.69) is 47.4 Å². The summed E-state index contributed by atoms with van der Waals surface area (Å²) in [6.07, 6.45) is 7.33. The second kappa shape index (κ2) is 9.37. The van der Waals surface area contributed by atoms with E-state index in [9.17, 15) is 13.6 Å². The van der Waals surface area contributed by atoms with Crippen LogP contribution in [0.25, 0.3) is 0 Å². The van der Waals surface area contributed by atoms with Gasteiger partial charge in [0.15, 0.2) is 0 Å². The highest BCUT2D eigenvalue weighted by molar-refractivity contribution is 6.01. The van der Waals surface area contributed by atoms with Gasteiger partial charge in [0, 0.05) is 11.5 Å². The molecule has 0 radical (unpaired) electrons. The molecular weight excluding hydrogens is 398 g/mol. The number of urea groups is 1. The van der Waals surface area contributed by atoms with Crippen molar-refractivity contribution in [2.75, 3.05) is 4.90 Å². The molecule has 0 spiro atoms. The van der Waals surface area contributed by atoms with Crippen LogP contribution < -0.4 is 10.2 Å². The highest BCUT2D eigenvalue weighted by atomic mass is 19.1. The number of aromatic nitrogens is 2. The minimum absolute atomic E-state index is 0.00674. The summed E-state index contributed by atoms with van der Waals surface area (Å²) in [6, 6.07) is 2.89. The Morgan fingerprint density at radius 1 is 1.19 bits per heavy atom. The first kappa shape index (κ1) is 22.6. The summed E-state index contributed by atoms with van der Waals surface area (Å²) in [6.45, 7) is 10.1. The molecule has 2 aliphatic rings. The normalized spacial score (nSPS) is 19.8. The topological polar surface area (TPSA) is 58.1 Å². The lowest BCUT2D eigenvalue weighted by atomic mass is 9.82. The molecule has 2 atom stereocenters. The van der Waals surface area contributed by atoms with Crippen molar-refractivity contribution in [3.8, 4) is 0 Å². The van der Waals surface area contributed by atoms with Gasteiger partial charge in [0.05, 0.1) is 12.2 Å². The molecule has 0 bridgehead atoms. The Morgan fingerprint density at radius 2 is 1.87 bits per heavy atom. The van der Waals surface area contributed by atoms with Gasteiger partial charge in [-0.25, -0.2) is 28.4 Å². The molecule has 0 fully saturated rings. The number of para-hydroxylation sites is 1. The zero-order valence-corrected chi connectivity index (χ0v) is 18.5. The molecule has 4 rings (SSSR count). The number of benzene rings is 1. The molecule has 2 aromatic rings. The van der Waals surface area contributed by atoms with Crippen molar-refractivity contribution in [2.24, 2.45) is 5.92 Å². The molecule has 1 aromatic carbocycles. The van der Waals surface area contributed by atoms with Gasteiger partial charge < -0.3 is 5.32 Å². The number of carbonyl (C=O) groups excluding carboxylic acids is 1. The zero-order valence-electron chi connectivity index (χ0n) is 18.5. The summed E-state index contributed by atoms with van der Waals surface area (Å²) in [5.74, 6) is -0.787. The number of halogens is 2. The summed E-state index contributed by atoms with van der Waals surface area (Å²) in [7, 11) is 0. The summed E-state index contributed by atoms with van der Waals surface area (Å²) in [5, 5.41) is 2.72. The van der Waals surface area contributed by atoms with E-state index in [0.717, 1.165) is 29.1 Å². The van der Waals surface area contributed by atoms with Gasteiger partial charge in [-0.15, -0.1) is 0 Å². The van der Waals surface area contributed by atoms with Crippen LogP contribution in [0.2, 0.25) is 0 Å². The van der Waals surface area contributed by atoms with Crippen LogP contribution in [0.5, 0.6) is 0 Å². The molecule has 2 unspecified atom stereocenters. The summed E-state index contributed by atoms with van der Waals surface area (Å²) >= 11 is 0. The monoisotopic (exact) mass is 426 g/mol. The first-order valence-electron chi connectivity index (χ1n) is 10.7.